The summed E-state index contributed by atoms with van der Waals surface area (Å²) in [5.74, 6) is -0.829. The van der Waals surface area contributed by atoms with Gasteiger partial charge in [0.1, 0.15) is 5.69 Å². The standard InChI is InChI=1S/C11H16N4O4/c1-6-9(15(18)19)10(14(2)13-6)12-8-4-3-7(5-8)11(16)17/h7-8,12H,3-5H2,1-2H3,(H,16,17)/t7-,8+/m1/s1. The Balaban J connectivity index is 2.16. The van der Waals surface area contributed by atoms with Crippen LogP contribution in [0.5, 0.6) is 0 Å². The van der Waals surface area contributed by atoms with Crippen molar-refractivity contribution in [3.05, 3.63) is 15.8 Å². The first-order valence-electron chi connectivity index (χ1n) is 6.07. The summed E-state index contributed by atoms with van der Waals surface area (Å²) < 4.78 is 1.43. The highest BCUT2D eigenvalue weighted by atomic mass is 16.6. The summed E-state index contributed by atoms with van der Waals surface area (Å²) in [6.07, 6.45) is 1.77. The van der Waals surface area contributed by atoms with E-state index in [4.69, 9.17) is 5.11 Å². The van der Waals surface area contributed by atoms with Crippen LogP contribution in [-0.2, 0) is 11.8 Å². The molecule has 0 spiro atoms. The minimum atomic E-state index is -0.806. The molecule has 2 N–H and O–H groups in total. The first-order valence-corrected chi connectivity index (χ1v) is 6.07. The number of anilines is 1. The number of aryl methyl sites for hydroxylation is 2. The number of aromatic nitrogens is 2. The number of aliphatic carboxylic acids is 1. The van der Waals surface area contributed by atoms with Gasteiger partial charge >= 0.3 is 11.7 Å². The molecule has 2 atom stereocenters. The molecule has 2 rings (SSSR count). The predicted molar refractivity (Wildman–Crippen MR) is 67.0 cm³/mol. The smallest absolute Gasteiger partial charge is 0.333 e. The van der Waals surface area contributed by atoms with Crippen LogP contribution in [0.2, 0.25) is 0 Å². The van der Waals surface area contributed by atoms with Crippen LogP contribution in [0.1, 0.15) is 25.0 Å². The zero-order valence-electron chi connectivity index (χ0n) is 10.8. The number of rotatable bonds is 4. The first-order chi connectivity index (χ1) is 8.90. The highest BCUT2D eigenvalue weighted by Crippen LogP contribution is 2.33. The third-order valence-electron chi connectivity index (χ3n) is 3.50. The van der Waals surface area contributed by atoms with E-state index in [2.05, 4.69) is 10.4 Å². The third kappa shape index (κ3) is 2.51. The molecule has 8 nitrogen and oxygen atoms in total. The van der Waals surface area contributed by atoms with Crippen LogP contribution in [0, 0.1) is 23.0 Å². The van der Waals surface area contributed by atoms with Gasteiger partial charge in [-0.05, 0) is 26.2 Å². The summed E-state index contributed by atoms with van der Waals surface area (Å²) >= 11 is 0. The third-order valence-corrected chi connectivity index (χ3v) is 3.50. The van der Waals surface area contributed by atoms with Crippen molar-refractivity contribution in [2.75, 3.05) is 5.32 Å². The van der Waals surface area contributed by atoms with E-state index in [1.807, 2.05) is 0 Å². The van der Waals surface area contributed by atoms with Gasteiger partial charge in [0.2, 0.25) is 5.82 Å². The van der Waals surface area contributed by atoms with Crippen molar-refractivity contribution < 1.29 is 14.8 Å². The Hall–Kier alpha value is -2.12. The predicted octanol–water partition coefficient (Wildman–Crippen LogP) is 1.30. The van der Waals surface area contributed by atoms with Gasteiger partial charge < -0.3 is 10.4 Å². The molecule has 0 saturated heterocycles. The summed E-state index contributed by atoms with van der Waals surface area (Å²) in [6, 6.07) is -0.0606. The van der Waals surface area contributed by atoms with E-state index in [-0.39, 0.29) is 17.6 Å². The Bertz CT molecular complexity index is 525. The number of nitrogens with one attached hydrogen (secondary N) is 1. The summed E-state index contributed by atoms with van der Waals surface area (Å²) in [5.41, 5.74) is 0.309. The molecule has 1 aliphatic rings. The lowest BCUT2D eigenvalue weighted by molar-refractivity contribution is -0.384. The first kappa shape index (κ1) is 13.3. The van der Waals surface area contributed by atoms with Gasteiger partial charge in [-0.3, -0.25) is 14.9 Å². The number of hydrogen-bond acceptors (Lipinski definition) is 5. The van der Waals surface area contributed by atoms with Gasteiger partial charge in [0.15, 0.2) is 0 Å². The van der Waals surface area contributed by atoms with E-state index in [9.17, 15) is 14.9 Å². The van der Waals surface area contributed by atoms with Crippen molar-refractivity contribution in [2.45, 2.75) is 32.2 Å². The zero-order valence-corrected chi connectivity index (χ0v) is 10.8. The Morgan fingerprint density at radius 1 is 1.58 bits per heavy atom. The molecule has 0 unspecified atom stereocenters. The Morgan fingerprint density at radius 3 is 2.79 bits per heavy atom. The molecule has 1 fully saturated rings. The van der Waals surface area contributed by atoms with Gasteiger partial charge in [-0.2, -0.15) is 5.10 Å². The molecule has 0 aliphatic heterocycles. The fourth-order valence-electron chi connectivity index (χ4n) is 2.56. The second-order valence-electron chi connectivity index (χ2n) is 4.85. The Kier molecular flexibility index (Phi) is 3.41. The summed E-state index contributed by atoms with van der Waals surface area (Å²) in [7, 11) is 1.63. The average molecular weight is 268 g/mol. The quantitative estimate of drug-likeness (QED) is 0.629. The second kappa shape index (κ2) is 4.87. The van der Waals surface area contributed by atoms with E-state index < -0.39 is 10.9 Å². The van der Waals surface area contributed by atoms with Crippen LogP contribution in [0.3, 0.4) is 0 Å². The maximum atomic E-state index is 11.0. The molecular formula is C11H16N4O4. The molecule has 8 heteroatoms. The van der Waals surface area contributed by atoms with Gasteiger partial charge in [-0.25, -0.2) is 4.68 Å². The van der Waals surface area contributed by atoms with Crippen LogP contribution < -0.4 is 5.32 Å². The van der Waals surface area contributed by atoms with Gasteiger partial charge in [0.25, 0.3) is 0 Å². The molecule has 0 amide bonds. The Morgan fingerprint density at radius 2 is 2.26 bits per heavy atom. The summed E-state index contributed by atoms with van der Waals surface area (Å²) in [5, 5.41) is 27.1. The maximum Gasteiger partial charge on any atom is 0.333 e. The lowest BCUT2D eigenvalue weighted by atomic mass is 10.1. The number of carboxylic acid groups (broad SMARTS) is 1. The minimum absolute atomic E-state index is 0.0405. The normalized spacial score (nSPS) is 22.4. The summed E-state index contributed by atoms with van der Waals surface area (Å²) in [4.78, 5) is 21.4. The van der Waals surface area contributed by atoms with Crippen LogP contribution in [0.15, 0.2) is 0 Å². The minimum Gasteiger partial charge on any atom is -0.481 e. The SMILES string of the molecule is Cc1nn(C)c(N[C@H]2CC[C@@H](C(=O)O)C2)c1[N+](=O)[O-]. The van der Waals surface area contributed by atoms with Crippen LogP contribution in [-0.4, -0.2) is 31.8 Å². The molecule has 1 aromatic rings. The van der Waals surface area contributed by atoms with Gasteiger partial charge in [0, 0.05) is 13.1 Å². The van der Waals surface area contributed by atoms with Gasteiger partial charge in [-0.1, -0.05) is 0 Å². The second-order valence-corrected chi connectivity index (χ2v) is 4.85. The number of carbonyl (C=O) groups is 1. The molecule has 19 heavy (non-hydrogen) atoms. The average Bonchev–Trinajstić information content (AvgIpc) is 2.85. The molecule has 0 bridgehead atoms. The lowest BCUT2D eigenvalue weighted by Crippen LogP contribution is -2.20. The molecule has 0 aromatic carbocycles. The number of nitrogens with zero attached hydrogens (tertiary/aromatic N) is 3. The van der Waals surface area contributed by atoms with Crippen LogP contribution in [0.4, 0.5) is 11.5 Å². The van der Waals surface area contributed by atoms with Crippen molar-refractivity contribution in [1.29, 1.82) is 0 Å². The lowest BCUT2D eigenvalue weighted by Gasteiger charge is -2.13. The fraction of sp³-hybridized carbons (Fsp3) is 0.636. The van der Waals surface area contributed by atoms with E-state index >= 15 is 0 Å². The van der Waals surface area contributed by atoms with Gasteiger partial charge in [-0.15, -0.1) is 0 Å². The monoisotopic (exact) mass is 268 g/mol. The van der Waals surface area contributed by atoms with E-state index in [0.29, 0.717) is 30.8 Å². The number of carboxylic acids is 1. The van der Waals surface area contributed by atoms with E-state index in [1.165, 1.54) is 4.68 Å². The molecular weight excluding hydrogens is 252 g/mol. The summed E-state index contributed by atoms with van der Waals surface area (Å²) in [6.45, 7) is 1.58. The highest BCUT2D eigenvalue weighted by molar-refractivity contribution is 5.70. The van der Waals surface area contributed by atoms with Crippen molar-refractivity contribution in [3.63, 3.8) is 0 Å². The van der Waals surface area contributed by atoms with Crippen molar-refractivity contribution in [1.82, 2.24) is 9.78 Å². The highest BCUT2D eigenvalue weighted by Gasteiger charge is 2.32. The van der Waals surface area contributed by atoms with E-state index in [1.54, 1.807) is 14.0 Å². The van der Waals surface area contributed by atoms with Crippen molar-refractivity contribution in [2.24, 2.45) is 13.0 Å². The Labute approximate surface area is 109 Å². The van der Waals surface area contributed by atoms with Gasteiger partial charge in [0.05, 0.1) is 10.8 Å². The zero-order chi connectivity index (χ0) is 14.2. The largest absolute Gasteiger partial charge is 0.481 e. The topological polar surface area (TPSA) is 110 Å². The van der Waals surface area contributed by atoms with Crippen molar-refractivity contribution in [3.8, 4) is 0 Å². The molecule has 1 saturated carbocycles. The molecule has 1 aromatic heterocycles. The molecule has 104 valence electrons. The molecule has 1 aliphatic carbocycles. The fourth-order valence-corrected chi connectivity index (χ4v) is 2.56. The molecule has 1 heterocycles. The van der Waals surface area contributed by atoms with E-state index in [0.717, 1.165) is 0 Å². The number of nitro groups is 1. The maximum absolute atomic E-state index is 11.0. The molecule has 0 radical (unpaired) electrons. The van der Waals surface area contributed by atoms with Crippen LogP contribution >= 0.6 is 0 Å². The van der Waals surface area contributed by atoms with Crippen molar-refractivity contribution >= 4 is 17.5 Å². The van der Waals surface area contributed by atoms with Crippen LogP contribution in [0.25, 0.3) is 0 Å². The number of hydrogen-bond donors (Lipinski definition) is 2.